The molecule has 1 fully saturated rings. The Labute approximate surface area is 108 Å². The Balaban J connectivity index is 1.83. The van der Waals surface area contributed by atoms with Gasteiger partial charge in [0.2, 0.25) is 0 Å². The molecule has 18 heavy (non-hydrogen) atoms. The Bertz CT molecular complexity index is 383. The zero-order valence-electron chi connectivity index (χ0n) is 10.8. The molecule has 1 aromatic rings. The normalized spacial score (nSPS) is 25.6. The quantitative estimate of drug-likeness (QED) is 0.860. The van der Waals surface area contributed by atoms with E-state index < -0.39 is 12.0 Å². The molecule has 0 radical (unpaired) electrons. The smallest absolute Gasteiger partial charge is 0.320 e. The number of rotatable bonds is 4. The second-order valence-corrected chi connectivity index (χ2v) is 5.19. The first-order valence-electron chi connectivity index (χ1n) is 6.70. The van der Waals surface area contributed by atoms with E-state index in [1.54, 1.807) is 6.92 Å². The van der Waals surface area contributed by atoms with Crippen LogP contribution in [0.2, 0.25) is 0 Å². The van der Waals surface area contributed by atoms with Crippen molar-refractivity contribution in [2.24, 2.45) is 0 Å². The Hall–Kier alpha value is -1.35. The van der Waals surface area contributed by atoms with Crippen molar-refractivity contribution < 1.29 is 9.90 Å². The molecule has 0 aromatic heterocycles. The molecule has 0 spiro atoms. The highest BCUT2D eigenvalue weighted by Crippen LogP contribution is 2.32. The minimum Gasteiger partial charge on any atom is -0.480 e. The highest BCUT2D eigenvalue weighted by atomic mass is 16.4. The van der Waals surface area contributed by atoms with E-state index in [0.717, 1.165) is 25.7 Å². The summed E-state index contributed by atoms with van der Waals surface area (Å²) in [5.74, 6) is -0.121. The van der Waals surface area contributed by atoms with Gasteiger partial charge in [0, 0.05) is 6.04 Å². The number of hydrogen-bond acceptors (Lipinski definition) is 2. The topological polar surface area (TPSA) is 49.3 Å². The highest BCUT2D eigenvalue weighted by molar-refractivity contribution is 5.72. The lowest BCUT2D eigenvalue weighted by molar-refractivity contribution is -0.139. The summed E-state index contributed by atoms with van der Waals surface area (Å²) in [6.07, 6.45) is 4.43. The number of carboxylic acid groups (broad SMARTS) is 1. The highest BCUT2D eigenvalue weighted by Gasteiger charge is 2.24. The van der Waals surface area contributed by atoms with Crippen molar-refractivity contribution in [2.75, 3.05) is 0 Å². The molecular weight excluding hydrogens is 226 g/mol. The van der Waals surface area contributed by atoms with Crippen molar-refractivity contribution >= 4 is 5.97 Å². The first-order chi connectivity index (χ1) is 8.66. The summed E-state index contributed by atoms with van der Waals surface area (Å²) in [5.41, 5.74) is 1.42. The molecule has 1 saturated carbocycles. The third kappa shape index (κ3) is 3.33. The SMILES string of the molecule is CC(NC1CCC(c2ccccc2)CC1)C(=O)O. The van der Waals surface area contributed by atoms with Crippen molar-refractivity contribution in [1.82, 2.24) is 5.32 Å². The van der Waals surface area contributed by atoms with E-state index in [0.29, 0.717) is 12.0 Å². The van der Waals surface area contributed by atoms with Crippen LogP contribution in [-0.4, -0.2) is 23.2 Å². The van der Waals surface area contributed by atoms with E-state index in [-0.39, 0.29) is 0 Å². The summed E-state index contributed by atoms with van der Waals surface area (Å²) in [4.78, 5) is 10.8. The van der Waals surface area contributed by atoms with Crippen LogP contribution < -0.4 is 5.32 Å². The molecule has 2 rings (SSSR count). The lowest BCUT2D eigenvalue weighted by Gasteiger charge is -2.30. The number of carboxylic acids is 1. The van der Waals surface area contributed by atoms with Crippen molar-refractivity contribution in [1.29, 1.82) is 0 Å². The largest absolute Gasteiger partial charge is 0.480 e. The van der Waals surface area contributed by atoms with E-state index in [2.05, 4.69) is 29.6 Å². The lowest BCUT2D eigenvalue weighted by Crippen LogP contribution is -2.42. The standard InChI is InChI=1S/C15H21NO2/c1-11(15(17)18)16-14-9-7-13(8-10-14)12-5-3-2-4-6-12/h2-6,11,13-14,16H,7-10H2,1H3,(H,17,18). The number of carbonyl (C=O) groups is 1. The first-order valence-corrected chi connectivity index (χ1v) is 6.70. The molecule has 0 amide bonds. The zero-order chi connectivity index (χ0) is 13.0. The van der Waals surface area contributed by atoms with Gasteiger partial charge < -0.3 is 10.4 Å². The van der Waals surface area contributed by atoms with Gasteiger partial charge in [0.25, 0.3) is 0 Å². The van der Waals surface area contributed by atoms with Crippen LogP contribution in [0.15, 0.2) is 30.3 Å². The molecule has 1 aliphatic carbocycles. The fourth-order valence-corrected chi connectivity index (χ4v) is 2.74. The van der Waals surface area contributed by atoms with Crippen LogP contribution in [0.1, 0.15) is 44.1 Å². The second-order valence-electron chi connectivity index (χ2n) is 5.19. The fraction of sp³-hybridized carbons (Fsp3) is 0.533. The molecule has 0 saturated heterocycles. The summed E-state index contributed by atoms with van der Waals surface area (Å²) in [5, 5.41) is 12.1. The molecule has 3 nitrogen and oxygen atoms in total. The maximum absolute atomic E-state index is 10.8. The summed E-state index contributed by atoms with van der Waals surface area (Å²) in [6.45, 7) is 1.71. The summed E-state index contributed by atoms with van der Waals surface area (Å²) >= 11 is 0. The van der Waals surface area contributed by atoms with Crippen LogP contribution in [0.5, 0.6) is 0 Å². The van der Waals surface area contributed by atoms with Gasteiger partial charge in [0.15, 0.2) is 0 Å². The molecule has 1 unspecified atom stereocenters. The Kier molecular flexibility index (Phi) is 4.37. The van der Waals surface area contributed by atoms with E-state index in [9.17, 15) is 4.79 Å². The average molecular weight is 247 g/mol. The van der Waals surface area contributed by atoms with Gasteiger partial charge >= 0.3 is 5.97 Å². The predicted octanol–water partition coefficient (Wildman–Crippen LogP) is 2.78. The van der Waals surface area contributed by atoms with Crippen LogP contribution in [0, 0.1) is 0 Å². The fourth-order valence-electron chi connectivity index (χ4n) is 2.74. The van der Waals surface area contributed by atoms with Crippen LogP contribution in [-0.2, 0) is 4.79 Å². The molecule has 0 aliphatic heterocycles. The summed E-state index contributed by atoms with van der Waals surface area (Å²) < 4.78 is 0. The van der Waals surface area contributed by atoms with Crippen LogP contribution in [0.25, 0.3) is 0 Å². The van der Waals surface area contributed by atoms with Gasteiger partial charge in [-0.2, -0.15) is 0 Å². The predicted molar refractivity (Wildman–Crippen MR) is 71.7 cm³/mol. The molecule has 0 bridgehead atoms. The maximum atomic E-state index is 10.8. The zero-order valence-corrected chi connectivity index (χ0v) is 10.8. The van der Waals surface area contributed by atoms with Gasteiger partial charge in [0.05, 0.1) is 0 Å². The molecule has 1 aliphatic rings. The van der Waals surface area contributed by atoms with Crippen molar-refractivity contribution in [2.45, 2.75) is 50.6 Å². The minimum atomic E-state index is -0.764. The first kappa shape index (κ1) is 13.1. The average Bonchev–Trinajstić information content (AvgIpc) is 2.40. The second kappa shape index (κ2) is 6.01. The van der Waals surface area contributed by atoms with Gasteiger partial charge in [-0.1, -0.05) is 30.3 Å². The molecule has 3 heteroatoms. The van der Waals surface area contributed by atoms with E-state index >= 15 is 0 Å². The van der Waals surface area contributed by atoms with Crippen LogP contribution in [0.4, 0.5) is 0 Å². The van der Waals surface area contributed by atoms with Gasteiger partial charge in [-0.25, -0.2) is 0 Å². The van der Waals surface area contributed by atoms with Gasteiger partial charge in [-0.15, -0.1) is 0 Å². The number of hydrogen-bond donors (Lipinski definition) is 2. The van der Waals surface area contributed by atoms with E-state index in [4.69, 9.17) is 5.11 Å². The lowest BCUT2D eigenvalue weighted by atomic mass is 9.81. The number of aliphatic carboxylic acids is 1. The van der Waals surface area contributed by atoms with Gasteiger partial charge in [-0.3, -0.25) is 4.79 Å². The Morgan fingerprint density at radius 3 is 2.39 bits per heavy atom. The summed E-state index contributed by atoms with van der Waals surface area (Å²) in [6, 6.07) is 10.5. The Morgan fingerprint density at radius 1 is 1.22 bits per heavy atom. The van der Waals surface area contributed by atoms with Crippen molar-refractivity contribution in [3.05, 3.63) is 35.9 Å². The molecule has 1 aromatic carbocycles. The summed E-state index contributed by atoms with van der Waals surface area (Å²) in [7, 11) is 0. The molecule has 2 N–H and O–H groups in total. The molecule has 0 heterocycles. The number of benzene rings is 1. The maximum Gasteiger partial charge on any atom is 0.320 e. The number of nitrogens with one attached hydrogen (secondary N) is 1. The van der Waals surface area contributed by atoms with Crippen LogP contribution in [0.3, 0.4) is 0 Å². The van der Waals surface area contributed by atoms with Crippen LogP contribution >= 0.6 is 0 Å². The van der Waals surface area contributed by atoms with Crippen molar-refractivity contribution in [3.63, 3.8) is 0 Å². The molecule has 98 valence electrons. The third-order valence-corrected chi connectivity index (χ3v) is 3.85. The van der Waals surface area contributed by atoms with E-state index in [1.165, 1.54) is 5.56 Å². The third-order valence-electron chi connectivity index (χ3n) is 3.85. The van der Waals surface area contributed by atoms with E-state index in [1.807, 2.05) is 6.07 Å². The minimum absolute atomic E-state index is 0.357. The van der Waals surface area contributed by atoms with Gasteiger partial charge in [-0.05, 0) is 44.1 Å². The molecule has 1 atom stereocenters. The molecular formula is C15H21NO2. The Morgan fingerprint density at radius 2 is 1.83 bits per heavy atom. The van der Waals surface area contributed by atoms with Gasteiger partial charge in [0.1, 0.15) is 6.04 Å². The van der Waals surface area contributed by atoms with Crippen molar-refractivity contribution in [3.8, 4) is 0 Å². The monoisotopic (exact) mass is 247 g/mol.